The summed E-state index contributed by atoms with van der Waals surface area (Å²) < 4.78 is 0. The highest BCUT2D eigenvalue weighted by Crippen LogP contribution is 2.28. The third-order valence-electron chi connectivity index (χ3n) is 4.43. The van der Waals surface area contributed by atoms with Gasteiger partial charge in [-0.3, -0.25) is 0 Å². The average Bonchev–Trinajstić information content (AvgIpc) is 2.89. The number of nitrogens with one attached hydrogen (secondary N) is 1. The van der Waals surface area contributed by atoms with E-state index >= 15 is 0 Å². The van der Waals surface area contributed by atoms with E-state index in [9.17, 15) is 0 Å². The molecule has 0 aliphatic carbocycles. The van der Waals surface area contributed by atoms with Crippen LogP contribution in [0.5, 0.6) is 0 Å². The van der Waals surface area contributed by atoms with Gasteiger partial charge in [0.05, 0.1) is 12.5 Å². The van der Waals surface area contributed by atoms with Crippen LogP contribution in [0.4, 0.5) is 5.69 Å². The van der Waals surface area contributed by atoms with Crippen molar-refractivity contribution in [3.05, 3.63) is 29.8 Å². The second kappa shape index (κ2) is 5.63. The van der Waals surface area contributed by atoms with E-state index in [1.165, 1.54) is 44.5 Å². The molecule has 0 bridgehead atoms. The number of fused-ring (bicyclic) bond motifs is 1. The number of piperidine rings is 1. The van der Waals surface area contributed by atoms with E-state index in [0.29, 0.717) is 12.5 Å². The first-order chi connectivity index (χ1) is 9.35. The van der Waals surface area contributed by atoms with Gasteiger partial charge in [0.1, 0.15) is 0 Å². The van der Waals surface area contributed by atoms with Crippen molar-refractivity contribution in [2.24, 2.45) is 0 Å². The van der Waals surface area contributed by atoms with E-state index in [1.54, 1.807) is 0 Å². The van der Waals surface area contributed by atoms with Crippen LogP contribution in [0.3, 0.4) is 0 Å². The van der Waals surface area contributed by atoms with Crippen LogP contribution in [0.2, 0.25) is 0 Å². The zero-order valence-corrected chi connectivity index (χ0v) is 11.3. The van der Waals surface area contributed by atoms with Gasteiger partial charge in [-0.1, -0.05) is 12.1 Å². The van der Waals surface area contributed by atoms with Gasteiger partial charge >= 0.3 is 0 Å². The van der Waals surface area contributed by atoms with Crippen LogP contribution in [-0.2, 0) is 6.42 Å². The summed E-state index contributed by atoms with van der Waals surface area (Å²) >= 11 is 0. The predicted molar refractivity (Wildman–Crippen MR) is 77.0 cm³/mol. The van der Waals surface area contributed by atoms with E-state index in [-0.39, 0.29) is 0 Å². The van der Waals surface area contributed by atoms with Crippen molar-refractivity contribution in [1.29, 1.82) is 5.26 Å². The summed E-state index contributed by atoms with van der Waals surface area (Å²) in [5.74, 6) is 0. The second-order valence-corrected chi connectivity index (χ2v) is 5.73. The van der Waals surface area contributed by atoms with Crippen molar-refractivity contribution in [2.45, 2.75) is 44.2 Å². The van der Waals surface area contributed by atoms with Crippen molar-refractivity contribution >= 4 is 5.69 Å². The SMILES string of the molecule is N#CCc1ccc(NC2CCN3CCCC3C2)cc1. The molecule has 2 atom stereocenters. The molecule has 100 valence electrons. The van der Waals surface area contributed by atoms with E-state index in [4.69, 9.17) is 5.26 Å². The Balaban J connectivity index is 1.57. The Kier molecular flexibility index (Phi) is 3.70. The lowest BCUT2D eigenvalue weighted by Crippen LogP contribution is -2.42. The molecular formula is C16H21N3. The minimum atomic E-state index is 0.501. The van der Waals surface area contributed by atoms with Crippen LogP contribution in [0.1, 0.15) is 31.2 Å². The highest BCUT2D eigenvalue weighted by Gasteiger charge is 2.31. The molecule has 2 unspecified atom stereocenters. The highest BCUT2D eigenvalue weighted by molar-refractivity contribution is 5.46. The molecule has 1 aromatic carbocycles. The Hall–Kier alpha value is -1.53. The van der Waals surface area contributed by atoms with Gasteiger partial charge in [-0.2, -0.15) is 5.26 Å². The Morgan fingerprint density at radius 2 is 2.05 bits per heavy atom. The minimum absolute atomic E-state index is 0.501. The smallest absolute Gasteiger partial charge is 0.0669 e. The third-order valence-corrected chi connectivity index (χ3v) is 4.43. The van der Waals surface area contributed by atoms with Gasteiger partial charge in [-0.25, -0.2) is 0 Å². The summed E-state index contributed by atoms with van der Waals surface area (Å²) in [5.41, 5.74) is 2.29. The molecule has 3 rings (SSSR count). The van der Waals surface area contributed by atoms with Crippen LogP contribution < -0.4 is 5.32 Å². The summed E-state index contributed by atoms with van der Waals surface area (Å²) in [7, 11) is 0. The molecule has 0 saturated carbocycles. The molecule has 1 aromatic rings. The molecule has 0 aromatic heterocycles. The molecule has 0 spiro atoms. The maximum Gasteiger partial charge on any atom is 0.0669 e. The maximum absolute atomic E-state index is 8.67. The number of benzene rings is 1. The first kappa shape index (κ1) is 12.5. The van der Waals surface area contributed by atoms with E-state index in [0.717, 1.165) is 11.6 Å². The number of hydrogen-bond acceptors (Lipinski definition) is 3. The number of rotatable bonds is 3. The number of nitrogens with zero attached hydrogens (tertiary/aromatic N) is 2. The standard InChI is InChI=1S/C16H21N3/c17-9-7-13-3-5-14(6-4-13)18-15-8-11-19-10-1-2-16(19)12-15/h3-6,15-16,18H,1-2,7-8,10-12H2. The summed E-state index contributed by atoms with van der Waals surface area (Å²) in [6.45, 7) is 2.55. The monoisotopic (exact) mass is 255 g/mol. The number of nitriles is 1. The van der Waals surface area contributed by atoms with Gasteiger partial charge in [-0.15, -0.1) is 0 Å². The molecule has 0 radical (unpaired) electrons. The van der Waals surface area contributed by atoms with Gasteiger partial charge in [0, 0.05) is 24.3 Å². The van der Waals surface area contributed by atoms with Gasteiger partial charge in [0.25, 0.3) is 0 Å². The lowest BCUT2D eigenvalue weighted by molar-refractivity contribution is 0.188. The predicted octanol–water partition coefficient (Wildman–Crippen LogP) is 2.79. The first-order valence-electron chi connectivity index (χ1n) is 7.31. The molecule has 2 heterocycles. The first-order valence-corrected chi connectivity index (χ1v) is 7.31. The van der Waals surface area contributed by atoms with Gasteiger partial charge in [0.2, 0.25) is 0 Å². The fourth-order valence-electron chi connectivity index (χ4n) is 3.40. The fraction of sp³-hybridized carbons (Fsp3) is 0.562. The molecule has 19 heavy (non-hydrogen) atoms. The Morgan fingerprint density at radius 1 is 1.21 bits per heavy atom. The fourth-order valence-corrected chi connectivity index (χ4v) is 3.40. The van der Waals surface area contributed by atoms with Crippen LogP contribution in [-0.4, -0.2) is 30.1 Å². The van der Waals surface area contributed by atoms with E-state index in [2.05, 4.69) is 40.6 Å². The molecule has 3 nitrogen and oxygen atoms in total. The maximum atomic E-state index is 8.67. The summed E-state index contributed by atoms with van der Waals surface area (Å²) in [6, 6.07) is 11.9. The van der Waals surface area contributed by atoms with Crippen LogP contribution in [0.25, 0.3) is 0 Å². The molecule has 1 N–H and O–H groups in total. The van der Waals surface area contributed by atoms with Crippen molar-refractivity contribution in [2.75, 3.05) is 18.4 Å². The van der Waals surface area contributed by atoms with E-state index < -0.39 is 0 Å². The molecule has 2 fully saturated rings. The van der Waals surface area contributed by atoms with Crippen molar-refractivity contribution < 1.29 is 0 Å². The van der Waals surface area contributed by atoms with Crippen LogP contribution in [0.15, 0.2) is 24.3 Å². The molecule has 3 heteroatoms. The molecule has 2 aliphatic rings. The molecule has 2 saturated heterocycles. The third kappa shape index (κ3) is 2.90. The van der Waals surface area contributed by atoms with Crippen LogP contribution in [0, 0.1) is 11.3 Å². The largest absolute Gasteiger partial charge is 0.382 e. The Bertz CT molecular complexity index is 460. The lowest BCUT2D eigenvalue weighted by atomic mass is 9.97. The summed E-state index contributed by atoms with van der Waals surface area (Å²) in [5, 5.41) is 12.3. The second-order valence-electron chi connectivity index (χ2n) is 5.73. The molecular weight excluding hydrogens is 234 g/mol. The molecule has 0 amide bonds. The zero-order valence-electron chi connectivity index (χ0n) is 11.3. The summed E-state index contributed by atoms with van der Waals surface area (Å²) in [6.07, 6.45) is 5.77. The van der Waals surface area contributed by atoms with Crippen molar-refractivity contribution in [3.8, 4) is 6.07 Å². The zero-order chi connectivity index (χ0) is 13.1. The van der Waals surface area contributed by atoms with Crippen LogP contribution >= 0.6 is 0 Å². The van der Waals surface area contributed by atoms with Gasteiger partial charge in [-0.05, 0) is 49.9 Å². The van der Waals surface area contributed by atoms with Gasteiger partial charge < -0.3 is 10.2 Å². The number of hydrogen-bond donors (Lipinski definition) is 1. The summed E-state index contributed by atoms with van der Waals surface area (Å²) in [4.78, 5) is 2.65. The topological polar surface area (TPSA) is 39.1 Å². The average molecular weight is 255 g/mol. The highest BCUT2D eigenvalue weighted by atomic mass is 15.2. The van der Waals surface area contributed by atoms with Crippen molar-refractivity contribution in [3.63, 3.8) is 0 Å². The Labute approximate surface area is 115 Å². The quantitative estimate of drug-likeness (QED) is 0.902. The normalized spacial score (nSPS) is 26.7. The van der Waals surface area contributed by atoms with Gasteiger partial charge in [0.15, 0.2) is 0 Å². The van der Waals surface area contributed by atoms with Crippen molar-refractivity contribution in [1.82, 2.24) is 4.90 Å². The molecule has 2 aliphatic heterocycles. The minimum Gasteiger partial charge on any atom is -0.382 e. The van der Waals surface area contributed by atoms with E-state index in [1.807, 2.05) is 0 Å². The Morgan fingerprint density at radius 3 is 2.84 bits per heavy atom. The number of anilines is 1. The lowest BCUT2D eigenvalue weighted by Gasteiger charge is -2.35.